The van der Waals surface area contributed by atoms with Gasteiger partial charge in [-0.2, -0.15) is 0 Å². The van der Waals surface area contributed by atoms with Gasteiger partial charge < -0.3 is 5.73 Å². The number of rotatable bonds is 2. The van der Waals surface area contributed by atoms with Crippen molar-refractivity contribution in [2.75, 3.05) is 0 Å². The van der Waals surface area contributed by atoms with Crippen LogP contribution in [0.5, 0.6) is 0 Å². The lowest BCUT2D eigenvalue weighted by molar-refractivity contribution is 0.598. The highest BCUT2D eigenvalue weighted by atomic mass is 19.1. The summed E-state index contributed by atoms with van der Waals surface area (Å²) in [7, 11) is 0. The van der Waals surface area contributed by atoms with Crippen molar-refractivity contribution in [1.82, 2.24) is 0 Å². The van der Waals surface area contributed by atoms with E-state index in [0.29, 0.717) is 5.56 Å². The Hall–Kier alpha value is -1.67. The second-order valence-electron chi connectivity index (χ2n) is 4.36. The molecule has 1 unspecified atom stereocenters. The van der Waals surface area contributed by atoms with E-state index in [9.17, 15) is 4.39 Å². The van der Waals surface area contributed by atoms with Crippen LogP contribution < -0.4 is 5.73 Å². The summed E-state index contributed by atoms with van der Waals surface area (Å²) in [6.45, 7) is 3.85. The highest BCUT2D eigenvalue weighted by Gasteiger charge is 2.14. The Morgan fingerprint density at radius 1 is 1.00 bits per heavy atom. The van der Waals surface area contributed by atoms with E-state index in [1.807, 2.05) is 44.2 Å². The smallest absolute Gasteiger partial charge is 0.128 e. The van der Waals surface area contributed by atoms with Gasteiger partial charge in [0, 0.05) is 5.56 Å². The van der Waals surface area contributed by atoms with Crippen molar-refractivity contribution in [3.05, 3.63) is 70.5 Å². The lowest BCUT2D eigenvalue weighted by Crippen LogP contribution is -2.14. The molecule has 0 saturated heterocycles. The van der Waals surface area contributed by atoms with Crippen LogP contribution in [0.2, 0.25) is 0 Å². The van der Waals surface area contributed by atoms with Gasteiger partial charge in [0.25, 0.3) is 0 Å². The molecular formula is C15H16FN. The van der Waals surface area contributed by atoms with Gasteiger partial charge in [0.2, 0.25) is 0 Å². The lowest BCUT2D eigenvalue weighted by Gasteiger charge is -2.16. The summed E-state index contributed by atoms with van der Waals surface area (Å²) in [5.41, 5.74) is 9.63. The minimum atomic E-state index is -0.406. The summed E-state index contributed by atoms with van der Waals surface area (Å²) in [5.74, 6) is -0.235. The monoisotopic (exact) mass is 229 g/mol. The lowest BCUT2D eigenvalue weighted by atomic mass is 9.95. The highest BCUT2D eigenvalue weighted by molar-refractivity contribution is 5.37. The SMILES string of the molecule is Cc1ccc(C(N)c2ccccc2C)c(F)c1. The Bertz CT molecular complexity index is 534. The first kappa shape index (κ1) is 11.8. The number of hydrogen-bond acceptors (Lipinski definition) is 1. The van der Waals surface area contributed by atoms with Crippen LogP contribution in [-0.2, 0) is 0 Å². The van der Waals surface area contributed by atoms with E-state index in [-0.39, 0.29) is 5.82 Å². The highest BCUT2D eigenvalue weighted by Crippen LogP contribution is 2.25. The van der Waals surface area contributed by atoms with Gasteiger partial charge in [-0.05, 0) is 36.6 Å². The van der Waals surface area contributed by atoms with Crippen LogP contribution in [0.25, 0.3) is 0 Å². The van der Waals surface area contributed by atoms with Gasteiger partial charge in [-0.15, -0.1) is 0 Å². The van der Waals surface area contributed by atoms with Crippen LogP contribution in [0.3, 0.4) is 0 Å². The molecule has 17 heavy (non-hydrogen) atoms. The molecule has 0 fully saturated rings. The molecule has 2 aromatic carbocycles. The van der Waals surface area contributed by atoms with E-state index >= 15 is 0 Å². The molecule has 0 aliphatic rings. The van der Waals surface area contributed by atoms with Crippen molar-refractivity contribution in [3.8, 4) is 0 Å². The maximum absolute atomic E-state index is 13.8. The predicted molar refractivity (Wildman–Crippen MR) is 68.3 cm³/mol. The molecule has 0 spiro atoms. The van der Waals surface area contributed by atoms with E-state index in [1.54, 1.807) is 6.07 Å². The molecule has 2 aromatic rings. The van der Waals surface area contributed by atoms with Crippen LogP contribution in [0.15, 0.2) is 42.5 Å². The topological polar surface area (TPSA) is 26.0 Å². The van der Waals surface area contributed by atoms with E-state index in [2.05, 4.69) is 0 Å². The molecule has 1 atom stereocenters. The van der Waals surface area contributed by atoms with Gasteiger partial charge >= 0.3 is 0 Å². The van der Waals surface area contributed by atoms with Crippen LogP contribution in [0.1, 0.15) is 28.3 Å². The molecule has 0 saturated carbocycles. The molecule has 2 rings (SSSR count). The second kappa shape index (κ2) is 4.68. The average molecular weight is 229 g/mol. The largest absolute Gasteiger partial charge is 0.320 e. The Kier molecular flexibility index (Phi) is 3.25. The second-order valence-corrected chi connectivity index (χ2v) is 4.36. The fraction of sp³-hybridized carbons (Fsp3) is 0.200. The minimum Gasteiger partial charge on any atom is -0.320 e. The van der Waals surface area contributed by atoms with Gasteiger partial charge in [-0.25, -0.2) is 4.39 Å². The third kappa shape index (κ3) is 2.37. The molecule has 0 aliphatic carbocycles. The summed E-state index contributed by atoms with van der Waals surface area (Å²) in [4.78, 5) is 0. The van der Waals surface area contributed by atoms with Crippen LogP contribution in [-0.4, -0.2) is 0 Å². The Morgan fingerprint density at radius 2 is 1.71 bits per heavy atom. The van der Waals surface area contributed by atoms with Crippen molar-refractivity contribution in [2.24, 2.45) is 5.73 Å². The molecule has 88 valence electrons. The minimum absolute atomic E-state index is 0.235. The maximum atomic E-state index is 13.8. The fourth-order valence-electron chi connectivity index (χ4n) is 1.99. The molecule has 0 amide bonds. The molecule has 0 heterocycles. The first-order chi connectivity index (χ1) is 8.09. The maximum Gasteiger partial charge on any atom is 0.128 e. The number of halogens is 1. The summed E-state index contributed by atoms with van der Waals surface area (Å²) < 4.78 is 13.8. The van der Waals surface area contributed by atoms with Crippen LogP contribution >= 0.6 is 0 Å². The zero-order chi connectivity index (χ0) is 12.4. The van der Waals surface area contributed by atoms with Gasteiger partial charge in [0.1, 0.15) is 5.82 Å². The molecule has 0 bridgehead atoms. The molecule has 0 aromatic heterocycles. The average Bonchev–Trinajstić information content (AvgIpc) is 2.29. The summed E-state index contributed by atoms with van der Waals surface area (Å²) in [6, 6.07) is 12.6. The number of aryl methyl sites for hydroxylation is 2. The van der Waals surface area contributed by atoms with Crippen LogP contribution in [0, 0.1) is 19.7 Å². The molecular weight excluding hydrogens is 213 g/mol. The molecule has 0 radical (unpaired) electrons. The summed E-state index contributed by atoms with van der Waals surface area (Å²) >= 11 is 0. The third-order valence-electron chi connectivity index (χ3n) is 3.01. The zero-order valence-corrected chi connectivity index (χ0v) is 10.1. The zero-order valence-electron chi connectivity index (χ0n) is 10.1. The van der Waals surface area contributed by atoms with Gasteiger partial charge in [-0.3, -0.25) is 0 Å². The van der Waals surface area contributed by atoms with Crippen molar-refractivity contribution in [1.29, 1.82) is 0 Å². The van der Waals surface area contributed by atoms with Crippen LogP contribution in [0.4, 0.5) is 4.39 Å². The number of benzene rings is 2. The van der Waals surface area contributed by atoms with Crippen molar-refractivity contribution < 1.29 is 4.39 Å². The third-order valence-corrected chi connectivity index (χ3v) is 3.01. The molecule has 0 aliphatic heterocycles. The van der Waals surface area contributed by atoms with E-state index in [1.165, 1.54) is 6.07 Å². The van der Waals surface area contributed by atoms with Gasteiger partial charge in [-0.1, -0.05) is 36.4 Å². The van der Waals surface area contributed by atoms with E-state index in [0.717, 1.165) is 16.7 Å². The first-order valence-electron chi connectivity index (χ1n) is 5.67. The van der Waals surface area contributed by atoms with Crippen molar-refractivity contribution in [2.45, 2.75) is 19.9 Å². The first-order valence-corrected chi connectivity index (χ1v) is 5.67. The van der Waals surface area contributed by atoms with E-state index < -0.39 is 6.04 Å². The van der Waals surface area contributed by atoms with Gasteiger partial charge in [0.05, 0.1) is 6.04 Å². The Labute approximate surface area is 101 Å². The summed E-state index contributed by atoms with van der Waals surface area (Å²) in [5, 5.41) is 0. The standard InChI is InChI=1S/C15H16FN/c1-10-7-8-13(14(16)9-10)15(17)12-6-4-3-5-11(12)2/h3-9,15H,17H2,1-2H3. The number of nitrogens with two attached hydrogens (primary N) is 1. The Balaban J connectivity index is 2.44. The summed E-state index contributed by atoms with van der Waals surface area (Å²) in [6.07, 6.45) is 0. The van der Waals surface area contributed by atoms with Gasteiger partial charge in [0.15, 0.2) is 0 Å². The normalized spacial score (nSPS) is 12.5. The van der Waals surface area contributed by atoms with Crippen molar-refractivity contribution >= 4 is 0 Å². The molecule has 1 nitrogen and oxygen atoms in total. The fourth-order valence-corrected chi connectivity index (χ4v) is 1.99. The molecule has 2 heteroatoms. The molecule has 2 N–H and O–H groups in total. The quantitative estimate of drug-likeness (QED) is 0.838. The van der Waals surface area contributed by atoms with E-state index in [4.69, 9.17) is 5.73 Å². The number of hydrogen-bond donors (Lipinski definition) is 1. The Morgan fingerprint density at radius 3 is 2.35 bits per heavy atom. The predicted octanol–water partition coefficient (Wildman–Crippen LogP) is 3.49. The van der Waals surface area contributed by atoms with Crippen molar-refractivity contribution in [3.63, 3.8) is 0 Å².